The fourth-order valence-electron chi connectivity index (χ4n) is 5.85. The van der Waals surface area contributed by atoms with Crippen LogP contribution in [0.3, 0.4) is 0 Å². The summed E-state index contributed by atoms with van der Waals surface area (Å²) in [4.78, 5) is 29.6. The monoisotopic (exact) mass is 657 g/mol. The van der Waals surface area contributed by atoms with E-state index in [2.05, 4.69) is 5.32 Å². The summed E-state index contributed by atoms with van der Waals surface area (Å²) in [6, 6.07) is 19.8. The molecule has 0 aliphatic heterocycles. The highest BCUT2D eigenvalue weighted by molar-refractivity contribution is 7.92. The van der Waals surface area contributed by atoms with Crippen molar-refractivity contribution in [1.29, 1.82) is 0 Å². The first kappa shape index (κ1) is 33.8. The summed E-state index contributed by atoms with van der Waals surface area (Å²) in [6.07, 6.45) is 5.82. The minimum atomic E-state index is -3.59. The van der Waals surface area contributed by atoms with Crippen molar-refractivity contribution in [2.24, 2.45) is 0 Å². The van der Waals surface area contributed by atoms with E-state index in [-0.39, 0.29) is 43.8 Å². The number of halogens is 2. The molecule has 0 radical (unpaired) electrons. The minimum absolute atomic E-state index is 0.0557. The lowest BCUT2D eigenvalue weighted by Gasteiger charge is -2.33. The van der Waals surface area contributed by atoms with Crippen molar-refractivity contribution in [2.45, 2.75) is 77.4 Å². The predicted molar refractivity (Wildman–Crippen MR) is 179 cm³/mol. The number of amides is 2. The Bertz CT molecular complexity index is 1540. The zero-order valence-corrected chi connectivity index (χ0v) is 27.9. The highest BCUT2D eigenvalue weighted by Gasteiger charge is 2.32. The molecule has 0 unspecified atom stereocenters. The first-order chi connectivity index (χ1) is 20.9. The number of aryl methyl sites for hydroxylation is 2. The van der Waals surface area contributed by atoms with Crippen LogP contribution in [0.1, 0.15) is 60.8 Å². The molecular formula is C34H41Cl2N3O4S. The minimum Gasteiger partial charge on any atom is -0.352 e. The van der Waals surface area contributed by atoms with E-state index >= 15 is 0 Å². The topological polar surface area (TPSA) is 86.8 Å². The largest absolute Gasteiger partial charge is 0.352 e. The molecule has 0 spiro atoms. The van der Waals surface area contributed by atoms with Crippen LogP contribution >= 0.6 is 23.2 Å². The Morgan fingerprint density at radius 1 is 0.909 bits per heavy atom. The molecule has 1 N–H and O–H groups in total. The van der Waals surface area contributed by atoms with Crippen molar-refractivity contribution in [3.8, 4) is 0 Å². The summed E-state index contributed by atoms with van der Waals surface area (Å²) in [6.45, 7) is 4.12. The maximum atomic E-state index is 14.1. The van der Waals surface area contributed by atoms with Crippen molar-refractivity contribution >= 4 is 50.7 Å². The van der Waals surface area contributed by atoms with E-state index in [0.29, 0.717) is 22.2 Å². The van der Waals surface area contributed by atoms with Crippen LogP contribution in [0.15, 0.2) is 66.7 Å². The number of nitrogens with one attached hydrogen (secondary N) is 1. The van der Waals surface area contributed by atoms with Gasteiger partial charge in [0.1, 0.15) is 6.04 Å². The molecule has 0 aromatic heterocycles. The van der Waals surface area contributed by atoms with E-state index in [4.69, 9.17) is 23.2 Å². The molecule has 1 fully saturated rings. The van der Waals surface area contributed by atoms with Gasteiger partial charge in [-0.3, -0.25) is 13.9 Å². The highest BCUT2D eigenvalue weighted by Crippen LogP contribution is 2.26. The molecule has 1 aliphatic carbocycles. The van der Waals surface area contributed by atoms with Gasteiger partial charge in [0.15, 0.2) is 0 Å². The van der Waals surface area contributed by atoms with Crippen LogP contribution in [0, 0.1) is 13.8 Å². The predicted octanol–water partition coefficient (Wildman–Crippen LogP) is 6.86. The van der Waals surface area contributed by atoms with E-state index < -0.39 is 16.1 Å². The van der Waals surface area contributed by atoms with Gasteiger partial charge in [-0.05, 0) is 79.6 Å². The molecule has 0 saturated heterocycles. The van der Waals surface area contributed by atoms with Crippen LogP contribution in [0.4, 0.5) is 5.69 Å². The average molecular weight is 659 g/mol. The summed E-state index contributed by atoms with van der Waals surface area (Å²) in [5.74, 6) is -0.436. The SMILES string of the molecule is Cc1cc(C)cc(N(CCCC(=O)N(Cc2ccc(Cl)c(Cl)c2)[C@H](Cc2ccccc2)C(=O)NC2CCCC2)S(C)(=O)=O)c1. The van der Waals surface area contributed by atoms with Crippen LogP contribution in [0.5, 0.6) is 0 Å². The Morgan fingerprint density at radius 3 is 2.18 bits per heavy atom. The van der Waals surface area contributed by atoms with Gasteiger partial charge in [-0.1, -0.05) is 78.5 Å². The maximum absolute atomic E-state index is 14.1. The Balaban J connectivity index is 1.61. The molecule has 3 aromatic carbocycles. The van der Waals surface area contributed by atoms with Crippen LogP contribution in [0.2, 0.25) is 10.0 Å². The van der Waals surface area contributed by atoms with E-state index in [0.717, 1.165) is 47.9 Å². The molecule has 3 aromatic rings. The van der Waals surface area contributed by atoms with Gasteiger partial charge in [0.25, 0.3) is 0 Å². The molecule has 0 bridgehead atoms. The van der Waals surface area contributed by atoms with E-state index in [1.807, 2.05) is 62.4 Å². The number of sulfonamides is 1. The number of anilines is 1. The Morgan fingerprint density at radius 2 is 1.57 bits per heavy atom. The molecule has 10 heteroatoms. The second kappa shape index (κ2) is 15.3. The Kier molecular flexibility index (Phi) is 11.7. The van der Waals surface area contributed by atoms with Gasteiger partial charge < -0.3 is 10.2 Å². The Hall–Kier alpha value is -3.07. The lowest BCUT2D eigenvalue weighted by Crippen LogP contribution is -2.52. The average Bonchev–Trinajstić information content (AvgIpc) is 3.47. The highest BCUT2D eigenvalue weighted by atomic mass is 35.5. The molecule has 4 rings (SSSR count). The third-order valence-electron chi connectivity index (χ3n) is 7.96. The zero-order valence-electron chi connectivity index (χ0n) is 25.6. The van der Waals surface area contributed by atoms with Crippen molar-refractivity contribution in [1.82, 2.24) is 10.2 Å². The summed E-state index contributed by atoms with van der Waals surface area (Å²) >= 11 is 12.5. The number of carbonyl (C=O) groups excluding carboxylic acids is 2. The van der Waals surface area contributed by atoms with Gasteiger partial charge in [0.2, 0.25) is 21.8 Å². The third kappa shape index (κ3) is 9.46. The molecule has 236 valence electrons. The molecule has 1 atom stereocenters. The van der Waals surface area contributed by atoms with Crippen LogP contribution in [0.25, 0.3) is 0 Å². The van der Waals surface area contributed by atoms with Crippen molar-refractivity contribution in [2.75, 3.05) is 17.1 Å². The van der Waals surface area contributed by atoms with Crippen LogP contribution in [-0.4, -0.2) is 50.0 Å². The standard InChI is InChI=1S/C34H41Cl2N3O4S/c1-24-18-25(2)20-29(19-24)39(44(3,42)43)17-9-14-33(40)38(23-27-15-16-30(35)31(36)21-27)32(22-26-10-5-4-6-11-26)34(41)37-28-12-7-8-13-28/h4-6,10-11,15-16,18-21,28,32H,7-9,12-14,17,22-23H2,1-3H3,(H,37,41)/t32-/m1/s1. The summed E-state index contributed by atoms with van der Waals surface area (Å²) in [7, 11) is -3.59. The number of benzene rings is 3. The maximum Gasteiger partial charge on any atom is 0.243 e. The summed E-state index contributed by atoms with van der Waals surface area (Å²) in [5.41, 5.74) is 4.16. The molecular weight excluding hydrogens is 617 g/mol. The van der Waals surface area contributed by atoms with E-state index in [9.17, 15) is 18.0 Å². The van der Waals surface area contributed by atoms with Crippen LogP contribution in [-0.2, 0) is 32.6 Å². The molecule has 44 heavy (non-hydrogen) atoms. The van der Waals surface area contributed by atoms with Crippen molar-refractivity contribution < 1.29 is 18.0 Å². The normalized spacial score (nSPS) is 14.3. The number of nitrogens with zero attached hydrogens (tertiary/aromatic N) is 2. The third-order valence-corrected chi connectivity index (χ3v) is 9.89. The molecule has 1 aliphatic rings. The number of hydrogen-bond acceptors (Lipinski definition) is 4. The van der Waals surface area contributed by atoms with Gasteiger partial charge >= 0.3 is 0 Å². The first-order valence-electron chi connectivity index (χ1n) is 15.0. The van der Waals surface area contributed by atoms with Gasteiger partial charge in [0.05, 0.1) is 22.0 Å². The van der Waals surface area contributed by atoms with Gasteiger partial charge in [-0.25, -0.2) is 8.42 Å². The fraction of sp³-hybridized carbons (Fsp3) is 0.412. The number of rotatable bonds is 13. The van der Waals surface area contributed by atoms with Crippen LogP contribution < -0.4 is 9.62 Å². The lowest BCUT2D eigenvalue weighted by molar-refractivity contribution is -0.141. The zero-order chi connectivity index (χ0) is 31.9. The smallest absolute Gasteiger partial charge is 0.243 e. The lowest BCUT2D eigenvalue weighted by atomic mass is 10.0. The second-order valence-corrected chi connectivity index (χ2v) is 14.5. The quantitative estimate of drug-likeness (QED) is 0.218. The van der Waals surface area contributed by atoms with E-state index in [1.165, 1.54) is 10.6 Å². The fourth-order valence-corrected chi connectivity index (χ4v) is 7.12. The van der Waals surface area contributed by atoms with Gasteiger partial charge in [0, 0.05) is 32.0 Å². The molecule has 7 nitrogen and oxygen atoms in total. The number of hydrogen-bond donors (Lipinski definition) is 1. The second-order valence-electron chi connectivity index (χ2n) is 11.8. The van der Waals surface area contributed by atoms with E-state index in [1.54, 1.807) is 23.1 Å². The van der Waals surface area contributed by atoms with Gasteiger partial charge in [-0.2, -0.15) is 0 Å². The summed E-state index contributed by atoms with van der Waals surface area (Å²) in [5, 5.41) is 3.97. The van der Waals surface area contributed by atoms with Crippen molar-refractivity contribution in [3.63, 3.8) is 0 Å². The molecule has 2 amide bonds. The molecule has 1 saturated carbocycles. The molecule has 0 heterocycles. The number of carbonyl (C=O) groups is 2. The van der Waals surface area contributed by atoms with Gasteiger partial charge in [-0.15, -0.1) is 0 Å². The first-order valence-corrected chi connectivity index (χ1v) is 17.6. The Labute approximate surface area is 271 Å². The summed E-state index contributed by atoms with van der Waals surface area (Å²) < 4.78 is 26.9. The van der Waals surface area contributed by atoms with Crippen molar-refractivity contribution in [3.05, 3.63) is 99.0 Å².